The predicted molar refractivity (Wildman–Crippen MR) is 99.2 cm³/mol. The normalized spacial score (nSPS) is 16.2. The summed E-state index contributed by atoms with van der Waals surface area (Å²) in [4.78, 5) is 0. The molecule has 0 radical (unpaired) electrons. The molecular formula is C17H29Cl2N5. The SMILES string of the molecule is C[N+]1(CCCCNc2nn3ccccc3c2N)CCCCC1.Cl.[Cl-]. The van der Waals surface area contributed by atoms with Crippen LogP contribution in [0.25, 0.3) is 5.52 Å². The first kappa shape index (κ1) is 20.9. The minimum absolute atomic E-state index is 0. The molecule has 5 nitrogen and oxygen atoms in total. The van der Waals surface area contributed by atoms with Crippen LogP contribution in [0, 0.1) is 0 Å². The molecule has 1 fully saturated rings. The second kappa shape index (κ2) is 9.35. The fraction of sp³-hybridized carbons (Fsp3) is 0.588. The van der Waals surface area contributed by atoms with E-state index in [0.29, 0.717) is 0 Å². The Labute approximate surface area is 157 Å². The van der Waals surface area contributed by atoms with Crippen molar-refractivity contribution in [1.82, 2.24) is 9.61 Å². The molecule has 0 spiro atoms. The molecule has 3 heterocycles. The fourth-order valence-corrected chi connectivity index (χ4v) is 3.47. The second-order valence-corrected chi connectivity index (χ2v) is 6.78. The van der Waals surface area contributed by atoms with Crippen LogP contribution in [0.5, 0.6) is 0 Å². The van der Waals surface area contributed by atoms with Crippen molar-refractivity contribution >= 4 is 29.4 Å². The van der Waals surface area contributed by atoms with E-state index in [2.05, 4.69) is 17.5 Å². The number of nitrogens with two attached hydrogens (primary N) is 1. The topological polar surface area (TPSA) is 55.4 Å². The third kappa shape index (κ3) is 4.91. The van der Waals surface area contributed by atoms with Gasteiger partial charge in [-0.05, 0) is 44.2 Å². The van der Waals surface area contributed by atoms with E-state index >= 15 is 0 Å². The number of nitrogen functional groups attached to an aromatic ring is 1. The van der Waals surface area contributed by atoms with Gasteiger partial charge in [0.05, 0.1) is 32.2 Å². The summed E-state index contributed by atoms with van der Waals surface area (Å²) in [6.45, 7) is 4.94. The van der Waals surface area contributed by atoms with Gasteiger partial charge in [-0.2, -0.15) is 0 Å². The lowest BCUT2D eigenvalue weighted by Gasteiger charge is -2.37. The molecule has 24 heavy (non-hydrogen) atoms. The third-order valence-electron chi connectivity index (χ3n) is 4.89. The molecule has 1 aliphatic rings. The Bertz CT molecular complexity index is 622. The van der Waals surface area contributed by atoms with Gasteiger partial charge >= 0.3 is 0 Å². The quantitative estimate of drug-likeness (QED) is 0.560. The van der Waals surface area contributed by atoms with Crippen LogP contribution in [0.2, 0.25) is 0 Å². The average molecular weight is 374 g/mol. The van der Waals surface area contributed by atoms with E-state index < -0.39 is 0 Å². The van der Waals surface area contributed by atoms with Crippen molar-refractivity contribution in [2.24, 2.45) is 0 Å². The van der Waals surface area contributed by atoms with E-state index in [1.54, 1.807) is 0 Å². The number of nitrogens with one attached hydrogen (secondary N) is 1. The lowest BCUT2D eigenvalue weighted by Crippen LogP contribution is -3.00. The number of piperidine rings is 1. The van der Waals surface area contributed by atoms with Crippen molar-refractivity contribution in [2.75, 3.05) is 44.3 Å². The largest absolute Gasteiger partial charge is 1.00 e. The molecule has 136 valence electrons. The molecule has 3 N–H and O–H groups in total. The number of halogens is 2. The second-order valence-electron chi connectivity index (χ2n) is 6.78. The monoisotopic (exact) mass is 373 g/mol. The molecular weight excluding hydrogens is 345 g/mol. The molecule has 1 saturated heterocycles. The van der Waals surface area contributed by atoms with E-state index in [-0.39, 0.29) is 24.8 Å². The highest BCUT2D eigenvalue weighted by molar-refractivity contribution is 5.85. The van der Waals surface area contributed by atoms with Crippen molar-refractivity contribution in [3.8, 4) is 0 Å². The molecule has 0 aromatic carbocycles. The Balaban J connectivity index is 0.00000144. The lowest BCUT2D eigenvalue weighted by atomic mass is 10.1. The maximum absolute atomic E-state index is 6.14. The van der Waals surface area contributed by atoms with Gasteiger partial charge in [0.25, 0.3) is 0 Å². The van der Waals surface area contributed by atoms with Gasteiger partial charge in [0.2, 0.25) is 0 Å². The first-order chi connectivity index (χ1) is 10.7. The van der Waals surface area contributed by atoms with Gasteiger partial charge in [0.1, 0.15) is 5.69 Å². The highest BCUT2D eigenvalue weighted by Crippen LogP contribution is 2.22. The molecule has 3 rings (SSSR count). The van der Waals surface area contributed by atoms with E-state index in [1.165, 1.54) is 56.2 Å². The van der Waals surface area contributed by atoms with Crippen LogP contribution >= 0.6 is 12.4 Å². The van der Waals surface area contributed by atoms with Gasteiger partial charge in [-0.15, -0.1) is 17.5 Å². The summed E-state index contributed by atoms with van der Waals surface area (Å²) in [7, 11) is 2.41. The number of anilines is 2. The summed E-state index contributed by atoms with van der Waals surface area (Å²) in [5.74, 6) is 0.810. The molecule has 0 aliphatic carbocycles. The van der Waals surface area contributed by atoms with Crippen LogP contribution in [0.15, 0.2) is 24.4 Å². The summed E-state index contributed by atoms with van der Waals surface area (Å²) < 4.78 is 3.09. The molecule has 0 unspecified atom stereocenters. The van der Waals surface area contributed by atoms with E-state index in [9.17, 15) is 0 Å². The Morgan fingerprint density at radius 1 is 1.21 bits per heavy atom. The van der Waals surface area contributed by atoms with Crippen LogP contribution in [-0.4, -0.2) is 47.3 Å². The molecule has 0 saturated carbocycles. The Hall–Kier alpha value is -1.17. The minimum Gasteiger partial charge on any atom is -1.00 e. The van der Waals surface area contributed by atoms with E-state index in [1.807, 2.05) is 28.9 Å². The van der Waals surface area contributed by atoms with Gasteiger partial charge < -0.3 is 27.9 Å². The number of rotatable bonds is 6. The summed E-state index contributed by atoms with van der Waals surface area (Å²) >= 11 is 0. The standard InChI is InChI=1S/C17H28N5.2ClH/c1-22(12-6-2-7-13-22)14-8-4-10-19-17-16(18)15-9-3-5-11-21(15)20-17;;/h3,5,9,11H,2,4,6-8,10,12-14,18H2,1H3,(H,19,20);2*1H/q+1;;/p-1. The first-order valence-electron chi connectivity index (χ1n) is 8.48. The van der Waals surface area contributed by atoms with Crippen LogP contribution < -0.4 is 23.5 Å². The Morgan fingerprint density at radius 2 is 1.96 bits per heavy atom. The van der Waals surface area contributed by atoms with Gasteiger partial charge in [0, 0.05) is 12.7 Å². The van der Waals surface area contributed by atoms with Crippen molar-refractivity contribution in [3.63, 3.8) is 0 Å². The molecule has 7 heteroatoms. The van der Waals surface area contributed by atoms with E-state index in [0.717, 1.165) is 23.6 Å². The number of likely N-dealkylation sites (tertiary alicyclic amines) is 1. The van der Waals surface area contributed by atoms with Gasteiger partial charge in [-0.3, -0.25) is 0 Å². The minimum atomic E-state index is 0. The van der Waals surface area contributed by atoms with E-state index in [4.69, 9.17) is 5.73 Å². The third-order valence-corrected chi connectivity index (χ3v) is 4.89. The predicted octanol–water partition coefficient (Wildman–Crippen LogP) is 0.165. The number of hydrogen-bond acceptors (Lipinski definition) is 3. The molecule has 1 aliphatic heterocycles. The smallest absolute Gasteiger partial charge is 0.172 e. The summed E-state index contributed by atoms with van der Waals surface area (Å²) in [5, 5.41) is 7.88. The molecule has 0 amide bonds. The van der Waals surface area contributed by atoms with Crippen LogP contribution in [0.4, 0.5) is 11.5 Å². The summed E-state index contributed by atoms with van der Waals surface area (Å²) in [6.07, 6.45) is 8.57. The first-order valence-corrected chi connectivity index (χ1v) is 8.48. The molecule has 2 aromatic rings. The fourth-order valence-electron chi connectivity index (χ4n) is 3.47. The van der Waals surface area contributed by atoms with Crippen molar-refractivity contribution < 1.29 is 16.9 Å². The molecule has 0 atom stereocenters. The highest BCUT2D eigenvalue weighted by Gasteiger charge is 2.23. The number of fused-ring (bicyclic) bond motifs is 1. The average Bonchev–Trinajstić information content (AvgIpc) is 2.85. The zero-order chi connectivity index (χ0) is 15.4. The van der Waals surface area contributed by atoms with Gasteiger partial charge in [-0.1, -0.05) is 6.07 Å². The zero-order valence-corrected chi connectivity index (χ0v) is 16.0. The number of pyridine rings is 1. The number of nitrogens with zero attached hydrogens (tertiary/aromatic N) is 3. The Kier molecular flexibility index (Phi) is 8.13. The molecule has 2 aromatic heterocycles. The van der Waals surface area contributed by atoms with Crippen LogP contribution in [0.1, 0.15) is 32.1 Å². The summed E-state index contributed by atoms with van der Waals surface area (Å²) in [6, 6.07) is 5.95. The highest BCUT2D eigenvalue weighted by atomic mass is 35.5. The number of aromatic nitrogens is 2. The summed E-state index contributed by atoms with van der Waals surface area (Å²) in [5.41, 5.74) is 7.86. The Morgan fingerprint density at radius 3 is 2.67 bits per heavy atom. The number of quaternary nitrogens is 1. The van der Waals surface area contributed by atoms with Crippen molar-refractivity contribution in [2.45, 2.75) is 32.1 Å². The maximum Gasteiger partial charge on any atom is 0.172 e. The number of unbranched alkanes of at least 4 members (excludes halogenated alkanes) is 1. The zero-order valence-electron chi connectivity index (χ0n) is 14.4. The van der Waals surface area contributed by atoms with Crippen molar-refractivity contribution in [3.05, 3.63) is 24.4 Å². The maximum atomic E-state index is 6.14. The van der Waals surface area contributed by atoms with Gasteiger partial charge in [0.15, 0.2) is 5.82 Å². The number of hydrogen-bond donors (Lipinski definition) is 2. The van der Waals surface area contributed by atoms with Crippen molar-refractivity contribution in [1.29, 1.82) is 0 Å². The van der Waals surface area contributed by atoms with Crippen LogP contribution in [0.3, 0.4) is 0 Å². The van der Waals surface area contributed by atoms with Gasteiger partial charge in [-0.25, -0.2) is 4.52 Å². The molecule has 0 bridgehead atoms. The lowest BCUT2D eigenvalue weighted by molar-refractivity contribution is -0.914. The van der Waals surface area contributed by atoms with Crippen LogP contribution in [-0.2, 0) is 0 Å².